The third-order valence-corrected chi connectivity index (χ3v) is 4.64. The van der Waals surface area contributed by atoms with Crippen LogP contribution in [0.4, 0.5) is 0 Å². The Kier molecular flexibility index (Phi) is 2.78. The van der Waals surface area contributed by atoms with E-state index in [2.05, 4.69) is 40.3 Å². The molecule has 1 aliphatic heterocycles. The average molecular weight is 220 g/mol. The Morgan fingerprint density at radius 2 is 2.31 bits per heavy atom. The molecule has 1 nitrogen and oxygen atoms in total. The third-order valence-electron chi connectivity index (χ3n) is 4.64. The summed E-state index contributed by atoms with van der Waals surface area (Å²) in [5.74, 6) is 1.17. The molecule has 0 spiro atoms. The maximum absolute atomic E-state index is 6.51. The molecule has 0 radical (unpaired) electrons. The second kappa shape index (κ2) is 3.73. The highest BCUT2D eigenvalue weighted by Crippen LogP contribution is 2.55. The van der Waals surface area contributed by atoms with Crippen molar-refractivity contribution in [3.8, 4) is 0 Å². The van der Waals surface area contributed by atoms with Gasteiger partial charge in [-0.05, 0) is 39.0 Å². The van der Waals surface area contributed by atoms with E-state index in [9.17, 15) is 0 Å². The van der Waals surface area contributed by atoms with Gasteiger partial charge in [0.15, 0.2) is 0 Å². The van der Waals surface area contributed by atoms with Crippen LogP contribution in [0.1, 0.15) is 47.0 Å². The second-order valence-electron chi connectivity index (χ2n) is 6.04. The molecule has 0 saturated carbocycles. The maximum Gasteiger partial charge on any atom is 0.0762 e. The summed E-state index contributed by atoms with van der Waals surface area (Å²) in [6, 6.07) is 0. The SMILES string of the molecule is C=CCC1(C)OC2(C(C)C)CC=C(C)C1C2. The molecule has 2 bridgehead atoms. The fourth-order valence-electron chi connectivity index (χ4n) is 3.44. The van der Waals surface area contributed by atoms with Crippen LogP contribution in [0.15, 0.2) is 24.3 Å². The normalized spacial score (nSPS) is 42.3. The Bertz CT molecular complexity index is 328. The molecule has 16 heavy (non-hydrogen) atoms. The van der Waals surface area contributed by atoms with Gasteiger partial charge in [-0.15, -0.1) is 6.58 Å². The minimum atomic E-state index is -0.0247. The Morgan fingerprint density at radius 1 is 1.62 bits per heavy atom. The van der Waals surface area contributed by atoms with Crippen LogP contribution >= 0.6 is 0 Å². The van der Waals surface area contributed by atoms with Crippen LogP contribution in [0.25, 0.3) is 0 Å². The molecule has 1 fully saturated rings. The van der Waals surface area contributed by atoms with E-state index in [1.54, 1.807) is 0 Å². The summed E-state index contributed by atoms with van der Waals surface area (Å²) >= 11 is 0. The molecule has 0 aromatic heterocycles. The van der Waals surface area contributed by atoms with E-state index in [1.807, 2.05) is 6.08 Å². The van der Waals surface area contributed by atoms with Crippen LogP contribution in [0.5, 0.6) is 0 Å². The quantitative estimate of drug-likeness (QED) is 0.651. The van der Waals surface area contributed by atoms with Crippen molar-refractivity contribution in [1.29, 1.82) is 0 Å². The van der Waals surface area contributed by atoms with E-state index in [0.717, 1.165) is 12.8 Å². The summed E-state index contributed by atoms with van der Waals surface area (Å²) in [6.45, 7) is 13.0. The van der Waals surface area contributed by atoms with E-state index in [4.69, 9.17) is 4.74 Å². The first kappa shape index (κ1) is 11.9. The Balaban J connectivity index is 2.36. The van der Waals surface area contributed by atoms with E-state index in [0.29, 0.717) is 11.8 Å². The van der Waals surface area contributed by atoms with Gasteiger partial charge in [-0.3, -0.25) is 0 Å². The lowest BCUT2D eigenvalue weighted by molar-refractivity contribution is -0.117. The Labute approximate surface area is 99.6 Å². The van der Waals surface area contributed by atoms with E-state index in [1.165, 1.54) is 12.0 Å². The monoisotopic (exact) mass is 220 g/mol. The number of hydrogen-bond donors (Lipinski definition) is 0. The minimum absolute atomic E-state index is 0.0247. The lowest BCUT2D eigenvalue weighted by Gasteiger charge is -2.35. The highest BCUT2D eigenvalue weighted by Gasteiger charge is 2.55. The highest BCUT2D eigenvalue weighted by atomic mass is 16.5. The van der Waals surface area contributed by atoms with Crippen molar-refractivity contribution in [3.05, 3.63) is 24.3 Å². The van der Waals surface area contributed by atoms with Gasteiger partial charge >= 0.3 is 0 Å². The first-order valence-electron chi connectivity index (χ1n) is 6.41. The first-order valence-corrected chi connectivity index (χ1v) is 6.41. The lowest BCUT2D eigenvalue weighted by Crippen LogP contribution is -2.37. The average Bonchev–Trinajstić information content (AvgIpc) is 2.45. The third kappa shape index (κ3) is 1.57. The molecule has 1 aliphatic carbocycles. The molecule has 1 saturated heterocycles. The van der Waals surface area contributed by atoms with Gasteiger partial charge in [0.05, 0.1) is 11.2 Å². The standard InChI is InChI=1S/C15H24O/c1-6-8-14(5)13-10-15(16-14,11(2)3)9-7-12(13)4/h6-7,11,13H,1,8-10H2,2-5H3. The van der Waals surface area contributed by atoms with E-state index >= 15 is 0 Å². The number of ether oxygens (including phenoxy) is 1. The molecule has 90 valence electrons. The number of fused-ring (bicyclic) bond motifs is 2. The molecular weight excluding hydrogens is 196 g/mol. The van der Waals surface area contributed by atoms with Crippen LogP contribution < -0.4 is 0 Å². The van der Waals surface area contributed by atoms with Crippen molar-refractivity contribution in [3.63, 3.8) is 0 Å². The predicted octanol–water partition coefficient (Wildman–Crippen LogP) is 4.10. The highest BCUT2D eigenvalue weighted by molar-refractivity contribution is 5.23. The molecule has 3 atom stereocenters. The second-order valence-corrected chi connectivity index (χ2v) is 6.04. The molecular formula is C15H24O. The topological polar surface area (TPSA) is 9.23 Å². The summed E-state index contributed by atoms with van der Waals surface area (Å²) in [7, 11) is 0. The predicted molar refractivity (Wildman–Crippen MR) is 68.4 cm³/mol. The molecule has 1 heteroatoms. The van der Waals surface area contributed by atoms with Crippen molar-refractivity contribution < 1.29 is 4.74 Å². The fourth-order valence-corrected chi connectivity index (χ4v) is 3.44. The summed E-state index contributed by atoms with van der Waals surface area (Å²) in [5.41, 5.74) is 1.57. The molecule has 0 amide bonds. The molecule has 0 N–H and O–H groups in total. The van der Waals surface area contributed by atoms with Gasteiger partial charge in [-0.25, -0.2) is 0 Å². The first-order chi connectivity index (χ1) is 7.43. The largest absolute Gasteiger partial charge is 0.367 e. The fraction of sp³-hybridized carbons (Fsp3) is 0.733. The molecule has 0 aromatic carbocycles. The van der Waals surface area contributed by atoms with Gasteiger partial charge in [-0.2, -0.15) is 0 Å². The van der Waals surface area contributed by atoms with Gasteiger partial charge in [0.25, 0.3) is 0 Å². The van der Waals surface area contributed by atoms with Gasteiger partial charge in [-0.1, -0.05) is 31.6 Å². The van der Waals surface area contributed by atoms with E-state index in [-0.39, 0.29) is 11.2 Å². The van der Waals surface area contributed by atoms with Crippen molar-refractivity contribution in [2.45, 2.75) is 58.2 Å². The van der Waals surface area contributed by atoms with Crippen molar-refractivity contribution in [2.75, 3.05) is 0 Å². The summed E-state index contributed by atoms with van der Waals surface area (Å²) in [5, 5.41) is 0. The molecule has 1 heterocycles. The van der Waals surface area contributed by atoms with E-state index < -0.39 is 0 Å². The van der Waals surface area contributed by atoms with Gasteiger partial charge in [0, 0.05) is 5.92 Å². The maximum atomic E-state index is 6.51. The zero-order valence-electron chi connectivity index (χ0n) is 11.0. The number of rotatable bonds is 3. The zero-order chi connectivity index (χ0) is 12.0. The van der Waals surface area contributed by atoms with Crippen molar-refractivity contribution >= 4 is 0 Å². The van der Waals surface area contributed by atoms with Crippen LogP contribution in [0.3, 0.4) is 0 Å². The van der Waals surface area contributed by atoms with Gasteiger partial charge in [0.1, 0.15) is 0 Å². The van der Waals surface area contributed by atoms with Crippen LogP contribution in [0, 0.1) is 11.8 Å². The molecule has 3 unspecified atom stereocenters. The van der Waals surface area contributed by atoms with Gasteiger partial charge < -0.3 is 4.74 Å². The molecule has 2 rings (SSSR count). The smallest absolute Gasteiger partial charge is 0.0762 e. The van der Waals surface area contributed by atoms with Crippen molar-refractivity contribution in [2.24, 2.45) is 11.8 Å². The van der Waals surface area contributed by atoms with Crippen LogP contribution in [-0.4, -0.2) is 11.2 Å². The van der Waals surface area contributed by atoms with Crippen LogP contribution in [0.2, 0.25) is 0 Å². The Hall–Kier alpha value is -0.560. The van der Waals surface area contributed by atoms with Crippen LogP contribution in [-0.2, 0) is 4.74 Å². The summed E-state index contributed by atoms with van der Waals surface area (Å²) < 4.78 is 6.51. The lowest BCUT2D eigenvalue weighted by atomic mass is 9.71. The van der Waals surface area contributed by atoms with Crippen molar-refractivity contribution in [1.82, 2.24) is 0 Å². The number of hydrogen-bond acceptors (Lipinski definition) is 1. The molecule has 0 aromatic rings. The zero-order valence-corrected chi connectivity index (χ0v) is 11.0. The minimum Gasteiger partial charge on any atom is -0.367 e. The van der Waals surface area contributed by atoms with Gasteiger partial charge in [0.2, 0.25) is 0 Å². The molecule has 2 aliphatic rings. The summed E-state index contributed by atoms with van der Waals surface area (Å²) in [6.07, 6.45) is 7.62. The Morgan fingerprint density at radius 3 is 2.88 bits per heavy atom. The summed E-state index contributed by atoms with van der Waals surface area (Å²) in [4.78, 5) is 0.